The Hall–Kier alpha value is 0.0500. The summed E-state index contributed by atoms with van der Waals surface area (Å²) >= 11 is 5.03. The van der Waals surface area contributed by atoms with Gasteiger partial charge in [0, 0.05) is 4.86 Å². The summed E-state index contributed by atoms with van der Waals surface area (Å²) in [5, 5.41) is 9.34. The van der Waals surface area contributed by atoms with Gasteiger partial charge in [-0.1, -0.05) is 31.5 Å². The van der Waals surface area contributed by atoms with E-state index >= 15 is 0 Å². The first-order valence-corrected chi connectivity index (χ1v) is 4.42. The standard InChI is InChI=1S/C8H14OS/c9-7-5-3-1-2-4-6-8(7)10/h7,9H,1-6H2. The molecule has 1 aliphatic rings. The molecule has 1 unspecified atom stereocenters. The van der Waals surface area contributed by atoms with Crippen molar-refractivity contribution < 1.29 is 5.11 Å². The summed E-state index contributed by atoms with van der Waals surface area (Å²) in [6.07, 6.45) is 6.43. The molecule has 1 fully saturated rings. The molecule has 1 atom stereocenters. The van der Waals surface area contributed by atoms with E-state index < -0.39 is 0 Å². The van der Waals surface area contributed by atoms with E-state index in [1.54, 1.807) is 0 Å². The van der Waals surface area contributed by atoms with Crippen LogP contribution in [-0.4, -0.2) is 16.1 Å². The van der Waals surface area contributed by atoms with Crippen molar-refractivity contribution in [3.05, 3.63) is 0 Å². The number of aliphatic hydroxyl groups excluding tert-OH is 1. The molecule has 0 radical (unpaired) electrons. The van der Waals surface area contributed by atoms with Crippen molar-refractivity contribution in [2.24, 2.45) is 0 Å². The van der Waals surface area contributed by atoms with E-state index in [2.05, 4.69) is 0 Å². The Balaban J connectivity index is 2.35. The molecule has 0 amide bonds. The van der Waals surface area contributed by atoms with Crippen molar-refractivity contribution in [1.82, 2.24) is 0 Å². The molecular weight excluding hydrogens is 144 g/mol. The second-order valence-corrected chi connectivity index (χ2v) is 3.46. The lowest BCUT2D eigenvalue weighted by Gasteiger charge is -2.14. The van der Waals surface area contributed by atoms with E-state index in [0.29, 0.717) is 0 Å². The van der Waals surface area contributed by atoms with Crippen molar-refractivity contribution in [3.63, 3.8) is 0 Å². The fraction of sp³-hybridized carbons (Fsp3) is 0.875. The maximum absolute atomic E-state index is 9.34. The van der Waals surface area contributed by atoms with Gasteiger partial charge in [-0.3, -0.25) is 0 Å². The molecule has 0 heterocycles. The van der Waals surface area contributed by atoms with Gasteiger partial charge in [0.05, 0.1) is 6.10 Å². The molecule has 58 valence electrons. The molecule has 0 aromatic rings. The first-order valence-electron chi connectivity index (χ1n) is 4.01. The topological polar surface area (TPSA) is 20.2 Å². The third kappa shape index (κ3) is 2.35. The lowest BCUT2D eigenvalue weighted by atomic mass is 9.99. The minimum absolute atomic E-state index is 0.282. The molecule has 1 N–H and O–H groups in total. The fourth-order valence-corrected chi connectivity index (χ4v) is 1.58. The van der Waals surface area contributed by atoms with Gasteiger partial charge in [0.1, 0.15) is 0 Å². The van der Waals surface area contributed by atoms with Crippen molar-refractivity contribution in [3.8, 4) is 0 Å². The highest BCUT2D eigenvalue weighted by molar-refractivity contribution is 7.80. The Bertz CT molecular complexity index is 122. The van der Waals surface area contributed by atoms with Gasteiger partial charge in [-0.25, -0.2) is 0 Å². The average molecular weight is 158 g/mol. The third-order valence-corrected chi connectivity index (χ3v) is 2.50. The van der Waals surface area contributed by atoms with Crippen LogP contribution in [-0.2, 0) is 0 Å². The van der Waals surface area contributed by atoms with Gasteiger partial charge in [-0.2, -0.15) is 0 Å². The van der Waals surface area contributed by atoms with Gasteiger partial charge >= 0.3 is 0 Å². The van der Waals surface area contributed by atoms with E-state index in [-0.39, 0.29) is 6.10 Å². The second-order valence-electron chi connectivity index (χ2n) is 2.93. The highest BCUT2D eigenvalue weighted by atomic mass is 32.1. The Morgan fingerprint density at radius 3 is 2.70 bits per heavy atom. The van der Waals surface area contributed by atoms with Gasteiger partial charge in [0.25, 0.3) is 0 Å². The molecule has 0 spiro atoms. The largest absolute Gasteiger partial charge is 0.388 e. The first kappa shape index (κ1) is 8.15. The van der Waals surface area contributed by atoms with Gasteiger partial charge in [-0.15, -0.1) is 0 Å². The van der Waals surface area contributed by atoms with Crippen LogP contribution in [0.4, 0.5) is 0 Å². The molecule has 0 aliphatic heterocycles. The average Bonchev–Trinajstić information content (AvgIpc) is 1.92. The van der Waals surface area contributed by atoms with Crippen LogP contribution in [0.1, 0.15) is 38.5 Å². The lowest BCUT2D eigenvalue weighted by Crippen LogP contribution is -2.19. The van der Waals surface area contributed by atoms with Crippen molar-refractivity contribution in [2.75, 3.05) is 0 Å². The number of hydrogen-bond donors (Lipinski definition) is 1. The summed E-state index contributed by atoms with van der Waals surface area (Å²) in [6.45, 7) is 0. The van der Waals surface area contributed by atoms with Crippen LogP contribution < -0.4 is 0 Å². The van der Waals surface area contributed by atoms with Gasteiger partial charge in [0.2, 0.25) is 0 Å². The zero-order valence-electron chi connectivity index (χ0n) is 6.18. The van der Waals surface area contributed by atoms with Gasteiger partial charge in [-0.05, 0) is 19.3 Å². The first-order chi connectivity index (χ1) is 4.80. The quantitative estimate of drug-likeness (QED) is 0.545. The highest BCUT2D eigenvalue weighted by Gasteiger charge is 2.11. The zero-order chi connectivity index (χ0) is 7.40. The Labute approximate surface area is 67.4 Å². The van der Waals surface area contributed by atoms with E-state index in [9.17, 15) is 5.11 Å². The summed E-state index contributed by atoms with van der Waals surface area (Å²) in [7, 11) is 0. The fourth-order valence-electron chi connectivity index (χ4n) is 1.32. The predicted molar refractivity (Wildman–Crippen MR) is 46.3 cm³/mol. The lowest BCUT2D eigenvalue weighted by molar-refractivity contribution is 0.223. The summed E-state index contributed by atoms with van der Waals surface area (Å²) in [5.41, 5.74) is 0. The molecule has 0 saturated heterocycles. The van der Waals surface area contributed by atoms with Crippen molar-refractivity contribution in [2.45, 2.75) is 44.6 Å². The Morgan fingerprint density at radius 1 is 1.20 bits per heavy atom. The second kappa shape index (κ2) is 4.04. The van der Waals surface area contributed by atoms with Crippen LogP contribution in [0.25, 0.3) is 0 Å². The summed E-state index contributed by atoms with van der Waals surface area (Å²) in [6, 6.07) is 0. The molecule has 1 aliphatic carbocycles. The molecule has 1 saturated carbocycles. The molecule has 1 rings (SSSR count). The molecular formula is C8H14OS. The monoisotopic (exact) mass is 158 g/mol. The SMILES string of the molecule is OC1CCCCCCC1=S. The predicted octanol–water partition coefficient (Wildman–Crippen LogP) is 2.07. The van der Waals surface area contributed by atoms with Crippen LogP contribution in [0, 0.1) is 0 Å². The maximum atomic E-state index is 9.34. The van der Waals surface area contributed by atoms with Gasteiger partial charge in [0.15, 0.2) is 0 Å². The minimum Gasteiger partial charge on any atom is -0.388 e. The normalized spacial score (nSPS) is 29.3. The molecule has 0 bridgehead atoms. The van der Waals surface area contributed by atoms with E-state index in [1.807, 2.05) is 0 Å². The van der Waals surface area contributed by atoms with Crippen LogP contribution in [0.2, 0.25) is 0 Å². The van der Waals surface area contributed by atoms with Gasteiger partial charge < -0.3 is 5.11 Å². The molecule has 1 nitrogen and oxygen atoms in total. The number of aliphatic hydroxyl groups is 1. The van der Waals surface area contributed by atoms with Crippen LogP contribution in [0.5, 0.6) is 0 Å². The number of rotatable bonds is 0. The molecule has 2 heteroatoms. The third-order valence-electron chi connectivity index (χ3n) is 2.02. The van der Waals surface area contributed by atoms with Crippen molar-refractivity contribution >= 4 is 17.1 Å². The van der Waals surface area contributed by atoms with E-state index in [1.165, 1.54) is 19.3 Å². The highest BCUT2D eigenvalue weighted by Crippen LogP contribution is 2.15. The summed E-state index contributed by atoms with van der Waals surface area (Å²) in [5.74, 6) is 0. The number of hydrogen-bond acceptors (Lipinski definition) is 2. The van der Waals surface area contributed by atoms with Crippen molar-refractivity contribution in [1.29, 1.82) is 0 Å². The Kier molecular flexibility index (Phi) is 3.29. The van der Waals surface area contributed by atoms with Crippen LogP contribution >= 0.6 is 12.2 Å². The summed E-state index contributed by atoms with van der Waals surface area (Å²) in [4.78, 5) is 0.875. The smallest absolute Gasteiger partial charge is 0.0852 e. The minimum atomic E-state index is -0.282. The molecule has 0 aromatic heterocycles. The van der Waals surface area contributed by atoms with E-state index in [4.69, 9.17) is 12.2 Å². The van der Waals surface area contributed by atoms with Crippen LogP contribution in [0.3, 0.4) is 0 Å². The summed E-state index contributed by atoms with van der Waals surface area (Å²) < 4.78 is 0. The molecule has 0 aromatic carbocycles. The van der Waals surface area contributed by atoms with E-state index in [0.717, 1.165) is 24.1 Å². The number of thiocarbonyl (C=S) groups is 1. The maximum Gasteiger partial charge on any atom is 0.0852 e. The molecule has 10 heavy (non-hydrogen) atoms. The zero-order valence-corrected chi connectivity index (χ0v) is 6.99. The Morgan fingerprint density at radius 2 is 1.90 bits per heavy atom. The van der Waals surface area contributed by atoms with Crippen LogP contribution in [0.15, 0.2) is 0 Å².